The van der Waals surface area contributed by atoms with Crippen LogP contribution in [0.4, 0.5) is 5.82 Å². The molecule has 0 aromatic carbocycles. The molecule has 21 heavy (non-hydrogen) atoms. The SMILES string of the molecule is CCCCN(CC1CCCN1)c1ncccc1OC(C)C. The highest BCUT2D eigenvalue weighted by molar-refractivity contribution is 5.52. The number of ether oxygens (including phenoxy) is 1. The van der Waals surface area contributed by atoms with Crippen molar-refractivity contribution in [2.24, 2.45) is 0 Å². The van der Waals surface area contributed by atoms with Crippen LogP contribution in [0.25, 0.3) is 0 Å². The Balaban J connectivity index is 2.13. The molecule has 0 aliphatic carbocycles. The third-order valence-electron chi connectivity index (χ3n) is 3.80. The van der Waals surface area contributed by atoms with Gasteiger partial charge in [0.15, 0.2) is 11.6 Å². The molecule has 1 aromatic heterocycles. The zero-order valence-electron chi connectivity index (χ0n) is 13.6. The van der Waals surface area contributed by atoms with Crippen LogP contribution in [0.5, 0.6) is 5.75 Å². The fourth-order valence-corrected chi connectivity index (χ4v) is 2.78. The maximum atomic E-state index is 5.95. The fraction of sp³-hybridized carbons (Fsp3) is 0.706. The van der Waals surface area contributed by atoms with E-state index in [1.165, 1.54) is 25.7 Å². The minimum absolute atomic E-state index is 0.172. The lowest BCUT2D eigenvalue weighted by molar-refractivity contribution is 0.242. The lowest BCUT2D eigenvalue weighted by atomic mass is 10.2. The van der Waals surface area contributed by atoms with Crippen LogP contribution in [0.2, 0.25) is 0 Å². The van der Waals surface area contributed by atoms with Crippen LogP contribution in [0.15, 0.2) is 18.3 Å². The smallest absolute Gasteiger partial charge is 0.171 e. The quantitative estimate of drug-likeness (QED) is 0.798. The van der Waals surface area contributed by atoms with Gasteiger partial charge in [-0.2, -0.15) is 0 Å². The summed E-state index contributed by atoms with van der Waals surface area (Å²) in [5, 5.41) is 3.58. The highest BCUT2D eigenvalue weighted by Crippen LogP contribution is 2.27. The predicted octanol–water partition coefficient (Wildman–Crippen LogP) is 3.23. The van der Waals surface area contributed by atoms with Gasteiger partial charge in [-0.3, -0.25) is 0 Å². The zero-order chi connectivity index (χ0) is 15.1. The van der Waals surface area contributed by atoms with E-state index < -0.39 is 0 Å². The summed E-state index contributed by atoms with van der Waals surface area (Å²) in [5.74, 6) is 1.90. The van der Waals surface area contributed by atoms with Crippen molar-refractivity contribution in [2.45, 2.75) is 58.6 Å². The minimum atomic E-state index is 0.172. The summed E-state index contributed by atoms with van der Waals surface area (Å²) in [5.41, 5.74) is 0. The van der Waals surface area contributed by atoms with Crippen LogP contribution in [-0.2, 0) is 0 Å². The molecular weight excluding hydrogens is 262 g/mol. The first-order valence-electron chi connectivity index (χ1n) is 8.30. The second-order valence-corrected chi connectivity index (χ2v) is 6.08. The number of hydrogen-bond acceptors (Lipinski definition) is 4. The van der Waals surface area contributed by atoms with Gasteiger partial charge in [0, 0.05) is 25.3 Å². The minimum Gasteiger partial charge on any atom is -0.487 e. The normalized spacial score (nSPS) is 18.2. The van der Waals surface area contributed by atoms with Gasteiger partial charge in [-0.1, -0.05) is 13.3 Å². The van der Waals surface area contributed by atoms with Gasteiger partial charge in [0.05, 0.1) is 6.10 Å². The molecule has 1 N–H and O–H groups in total. The molecule has 0 amide bonds. The Morgan fingerprint density at radius 3 is 3.00 bits per heavy atom. The summed E-state index contributed by atoms with van der Waals surface area (Å²) >= 11 is 0. The maximum absolute atomic E-state index is 5.95. The number of unbranched alkanes of at least 4 members (excludes halogenated alkanes) is 1. The number of pyridine rings is 1. The second kappa shape index (κ2) is 8.23. The van der Waals surface area contributed by atoms with Crippen LogP contribution >= 0.6 is 0 Å². The first-order valence-corrected chi connectivity index (χ1v) is 8.30. The Morgan fingerprint density at radius 2 is 2.33 bits per heavy atom. The molecule has 1 aliphatic heterocycles. The molecule has 4 nitrogen and oxygen atoms in total. The Bertz CT molecular complexity index is 416. The summed E-state index contributed by atoms with van der Waals surface area (Å²) in [6.07, 6.45) is 6.96. The standard InChI is InChI=1S/C17H29N3O/c1-4-5-12-20(13-15-8-6-10-18-15)17-16(21-14(2)3)9-7-11-19-17/h7,9,11,14-15,18H,4-6,8,10,12-13H2,1-3H3. The molecule has 1 fully saturated rings. The Hall–Kier alpha value is -1.29. The molecule has 0 bridgehead atoms. The molecule has 1 aliphatic rings. The van der Waals surface area contributed by atoms with Crippen molar-refractivity contribution < 1.29 is 4.74 Å². The molecule has 2 heterocycles. The molecular formula is C17H29N3O. The topological polar surface area (TPSA) is 37.4 Å². The van der Waals surface area contributed by atoms with Crippen LogP contribution in [0.3, 0.4) is 0 Å². The molecule has 0 spiro atoms. The molecule has 1 atom stereocenters. The highest BCUT2D eigenvalue weighted by atomic mass is 16.5. The van der Waals surface area contributed by atoms with Gasteiger partial charge < -0.3 is 15.0 Å². The third-order valence-corrected chi connectivity index (χ3v) is 3.80. The van der Waals surface area contributed by atoms with E-state index in [0.29, 0.717) is 6.04 Å². The van der Waals surface area contributed by atoms with Crippen molar-refractivity contribution in [2.75, 3.05) is 24.5 Å². The summed E-state index contributed by atoms with van der Waals surface area (Å²) < 4.78 is 5.95. The van der Waals surface area contributed by atoms with Crippen molar-refractivity contribution >= 4 is 5.82 Å². The van der Waals surface area contributed by atoms with Crippen molar-refractivity contribution in [3.8, 4) is 5.75 Å². The lowest BCUT2D eigenvalue weighted by Gasteiger charge is -2.28. The summed E-state index contributed by atoms with van der Waals surface area (Å²) in [6.45, 7) is 9.56. The average Bonchev–Trinajstić information content (AvgIpc) is 2.96. The summed E-state index contributed by atoms with van der Waals surface area (Å²) in [6, 6.07) is 4.56. The number of rotatable bonds is 8. The van der Waals surface area contributed by atoms with Crippen molar-refractivity contribution in [1.82, 2.24) is 10.3 Å². The van der Waals surface area contributed by atoms with Crippen LogP contribution < -0.4 is 15.0 Å². The van der Waals surface area contributed by atoms with E-state index in [1.54, 1.807) is 0 Å². The predicted molar refractivity (Wildman–Crippen MR) is 88.1 cm³/mol. The van der Waals surface area contributed by atoms with Crippen LogP contribution in [0.1, 0.15) is 46.5 Å². The van der Waals surface area contributed by atoms with Gasteiger partial charge in [-0.25, -0.2) is 4.98 Å². The highest BCUT2D eigenvalue weighted by Gasteiger charge is 2.21. The largest absolute Gasteiger partial charge is 0.487 e. The molecule has 118 valence electrons. The first kappa shape index (κ1) is 16.1. The molecule has 1 aromatic rings. The Labute approximate surface area is 128 Å². The molecule has 4 heteroatoms. The van der Waals surface area contributed by atoms with E-state index in [0.717, 1.165) is 31.2 Å². The van der Waals surface area contributed by atoms with E-state index in [9.17, 15) is 0 Å². The number of aromatic nitrogens is 1. The third kappa shape index (κ3) is 4.88. The van der Waals surface area contributed by atoms with E-state index in [1.807, 2.05) is 18.3 Å². The molecule has 1 unspecified atom stereocenters. The summed E-state index contributed by atoms with van der Waals surface area (Å²) in [4.78, 5) is 6.99. The Morgan fingerprint density at radius 1 is 1.48 bits per heavy atom. The van der Waals surface area contributed by atoms with Gasteiger partial charge in [0.2, 0.25) is 0 Å². The fourth-order valence-electron chi connectivity index (χ4n) is 2.78. The monoisotopic (exact) mass is 291 g/mol. The van der Waals surface area contributed by atoms with Gasteiger partial charge >= 0.3 is 0 Å². The Kier molecular flexibility index (Phi) is 6.30. The van der Waals surface area contributed by atoms with Crippen molar-refractivity contribution in [1.29, 1.82) is 0 Å². The number of anilines is 1. The van der Waals surface area contributed by atoms with Crippen molar-refractivity contribution in [3.05, 3.63) is 18.3 Å². The number of nitrogens with one attached hydrogen (secondary N) is 1. The van der Waals surface area contributed by atoms with E-state index >= 15 is 0 Å². The van der Waals surface area contributed by atoms with Gasteiger partial charge in [0.25, 0.3) is 0 Å². The number of hydrogen-bond donors (Lipinski definition) is 1. The maximum Gasteiger partial charge on any atom is 0.171 e. The van der Waals surface area contributed by atoms with E-state index in [-0.39, 0.29) is 6.10 Å². The molecule has 2 rings (SSSR count). The molecule has 0 radical (unpaired) electrons. The average molecular weight is 291 g/mol. The van der Waals surface area contributed by atoms with Gasteiger partial charge in [-0.05, 0) is 51.8 Å². The van der Waals surface area contributed by atoms with Gasteiger partial charge in [-0.15, -0.1) is 0 Å². The first-order chi connectivity index (χ1) is 10.2. The zero-order valence-corrected chi connectivity index (χ0v) is 13.6. The summed E-state index contributed by atoms with van der Waals surface area (Å²) in [7, 11) is 0. The molecule has 0 saturated carbocycles. The number of nitrogens with zero attached hydrogens (tertiary/aromatic N) is 2. The van der Waals surface area contributed by atoms with Gasteiger partial charge in [0.1, 0.15) is 0 Å². The van der Waals surface area contributed by atoms with Crippen LogP contribution in [-0.4, -0.2) is 36.8 Å². The lowest BCUT2D eigenvalue weighted by Crippen LogP contribution is -2.38. The second-order valence-electron chi connectivity index (χ2n) is 6.08. The van der Waals surface area contributed by atoms with E-state index in [2.05, 4.69) is 36.0 Å². The van der Waals surface area contributed by atoms with E-state index in [4.69, 9.17) is 4.74 Å². The van der Waals surface area contributed by atoms with Crippen LogP contribution in [0, 0.1) is 0 Å². The van der Waals surface area contributed by atoms with Crippen molar-refractivity contribution in [3.63, 3.8) is 0 Å². The molecule has 1 saturated heterocycles.